The van der Waals surface area contributed by atoms with E-state index in [4.69, 9.17) is 0 Å². The fraction of sp³-hybridized carbons (Fsp3) is 0.500. The zero-order valence-electron chi connectivity index (χ0n) is 9.16. The van der Waals surface area contributed by atoms with Crippen LogP contribution in [0.15, 0.2) is 24.3 Å². The lowest BCUT2D eigenvalue weighted by Crippen LogP contribution is -2.18. The molecule has 1 aromatic rings. The normalized spacial score (nSPS) is 10.9. The Hall–Kier alpha value is -0.390. The molecule has 0 saturated carbocycles. The minimum atomic E-state index is 1.06. The first-order valence-electron chi connectivity index (χ1n) is 5.25. The van der Waals surface area contributed by atoms with Gasteiger partial charge in [0, 0.05) is 6.54 Å². The predicted molar refractivity (Wildman–Crippen MR) is 67.0 cm³/mol. The summed E-state index contributed by atoms with van der Waals surface area (Å²) in [6, 6.07) is 8.69. The lowest BCUT2D eigenvalue weighted by Gasteiger charge is -2.16. The van der Waals surface area contributed by atoms with Crippen molar-refractivity contribution in [3.8, 4) is 0 Å². The van der Waals surface area contributed by atoms with Crippen molar-refractivity contribution in [3.05, 3.63) is 29.8 Å². The summed E-state index contributed by atoms with van der Waals surface area (Å²) in [5.74, 6) is 0. The predicted octanol–water partition coefficient (Wildman–Crippen LogP) is 2.42. The number of hydrogen-bond acceptors (Lipinski definition) is 1. The Balaban J connectivity index is 2.39. The maximum atomic E-state index is 2.71. The molecule has 1 nitrogen and oxygen atoms in total. The molecular weight excluding hydrogens is 189 g/mol. The van der Waals surface area contributed by atoms with Gasteiger partial charge in [0.2, 0.25) is 0 Å². The van der Waals surface area contributed by atoms with Gasteiger partial charge in [-0.05, 0) is 30.9 Å². The van der Waals surface area contributed by atoms with Crippen LogP contribution in [0.4, 0.5) is 0 Å². The van der Waals surface area contributed by atoms with Crippen LogP contribution in [-0.2, 0) is 6.54 Å². The SMILES string of the molecule is CCCCN(C)Cc1ccc(P)cc1. The Morgan fingerprint density at radius 2 is 1.86 bits per heavy atom. The van der Waals surface area contributed by atoms with Gasteiger partial charge in [-0.15, -0.1) is 9.24 Å². The van der Waals surface area contributed by atoms with Crippen LogP contribution in [0.5, 0.6) is 0 Å². The summed E-state index contributed by atoms with van der Waals surface area (Å²) in [6.07, 6.45) is 2.56. The molecule has 0 heterocycles. The van der Waals surface area contributed by atoms with E-state index in [1.165, 1.54) is 30.3 Å². The first kappa shape index (κ1) is 11.7. The third-order valence-corrected chi connectivity index (χ3v) is 2.71. The molecular formula is C12H20NP. The van der Waals surface area contributed by atoms with Gasteiger partial charge >= 0.3 is 0 Å². The maximum absolute atomic E-state index is 2.71. The first-order chi connectivity index (χ1) is 6.72. The fourth-order valence-corrected chi connectivity index (χ4v) is 1.63. The Kier molecular flexibility index (Phi) is 5.14. The Bertz CT molecular complexity index is 256. The highest BCUT2D eigenvalue weighted by atomic mass is 31.0. The van der Waals surface area contributed by atoms with Crippen LogP contribution in [-0.4, -0.2) is 18.5 Å². The van der Waals surface area contributed by atoms with Crippen LogP contribution >= 0.6 is 9.24 Å². The number of unbranched alkanes of at least 4 members (excludes halogenated alkanes) is 1. The van der Waals surface area contributed by atoms with Crippen LogP contribution in [0.1, 0.15) is 25.3 Å². The third-order valence-electron chi connectivity index (χ3n) is 2.33. The molecule has 14 heavy (non-hydrogen) atoms. The molecule has 1 atom stereocenters. The van der Waals surface area contributed by atoms with Crippen LogP contribution in [0.25, 0.3) is 0 Å². The summed E-state index contributed by atoms with van der Waals surface area (Å²) < 4.78 is 0. The summed E-state index contributed by atoms with van der Waals surface area (Å²) >= 11 is 0. The van der Waals surface area contributed by atoms with Gasteiger partial charge < -0.3 is 4.90 Å². The van der Waals surface area contributed by atoms with Gasteiger partial charge in [0.05, 0.1) is 0 Å². The monoisotopic (exact) mass is 209 g/mol. The summed E-state index contributed by atoms with van der Waals surface area (Å²) in [5.41, 5.74) is 1.40. The number of rotatable bonds is 5. The molecule has 0 N–H and O–H groups in total. The van der Waals surface area contributed by atoms with E-state index in [9.17, 15) is 0 Å². The summed E-state index contributed by atoms with van der Waals surface area (Å²) in [5, 5.41) is 1.25. The van der Waals surface area contributed by atoms with E-state index in [0.717, 1.165) is 6.54 Å². The summed E-state index contributed by atoms with van der Waals surface area (Å²) in [7, 11) is 4.90. The second kappa shape index (κ2) is 6.16. The molecule has 1 rings (SSSR count). The van der Waals surface area contributed by atoms with E-state index in [-0.39, 0.29) is 0 Å². The lowest BCUT2D eigenvalue weighted by molar-refractivity contribution is 0.321. The average molecular weight is 209 g/mol. The van der Waals surface area contributed by atoms with Gasteiger partial charge in [0.1, 0.15) is 0 Å². The molecule has 0 aromatic heterocycles. The quantitative estimate of drug-likeness (QED) is 0.673. The summed E-state index contributed by atoms with van der Waals surface area (Å²) in [4.78, 5) is 2.38. The third kappa shape index (κ3) is 4.21. The van der Waals surface area contributed by atoms with Crippen LogP contribution in [0.2, 0.25) is 0 Å². The molecule has 0 radical (unpaired) electrons. The molecule has 2 heteroatoms. The highest BCUT2D eigenvalue weighted by molar-refractivity contribution is 7.27. The molecule has 0 fully saturated rings. The second-order valence-corrected chi connectivity index (χ2v) is 4.50. The molecule has 1 unspecified atom stereocenters. The molecule has 0 aliphatic heterocycles. The van der Waals surface area contributed by atoms with Crippen molar-refractivity contribution in [1.29, 1.82) is 0 Å². The molecule has 1 aromatic carbocycles. The lowest BCUT2D eigenvalue weighted by atomic mass is 10.2. The minimum Gasteiger partial charge on any atom is -0.302 e. The fourth-order valence-electron chi connectivity index (χ4n) is 1.44. The summed E-state index contributed by atoms with van der Waals surface area (Å²) in [6.45, 7) is 4.49. The van der Waals surface area contributed by atoms with E-state index in [1.807, 2.05) is 0 Å². The Morgan fingerprint density at radius 1 is 1.21 bits per heavy atom. The van der Waals surface area contributed by atoms with Gasteiger partial charge in [-0.25, -0.2) is 0 Å². The highest BCUT2D eigenvalue weighted by Crippen LogP contribution is 2.03. The van der Waals surface area contributed by atoms with Crippen molar-refractivity contribution in [3.63, 3.8) is 0 Å². The number of hydrogen-bond donors (Lipinski definition) is 0. The molecule has 0 amide bonds. The second-order valence-electron chi connectivity index (χ2n) is 3.83. The van der Waals surface area contributed by atoms with Gasteiger partial charge in [0.25, 0.3) is 0 Å². The molecule has 0 aliphatic rings. The van der Waals surface area contributed by atoms with E-state index in [0.29, 0.717) is 0 Å². The van der Waals surface area contributed by atoms with Crippen molar-refractivity contribution >= 4 is 14.5 Å². The van der Waals surface area contributed by atoms with Crippen molar-refractivity contribution in [2.24, 2.45) is 0 Å². The molecule has 0 aliphatic carbocycles. The van der Waals surface area contributed by atoms with Crippen molar-refractivity contribution in [2.45, 2.75) is 26.3 Å². The van der Waals surface area contributed by atoms with Crippen LogP contribution in [0, 0.1) is 0 Å². The standard InChI is InChI=1S/C12H20NP/c1-3-4-9-13(2)10-11-5-7-12(14)8-6-11/h5-8H,3-4,9-10,14H2,1-2H3. The van der Waals surface area contributed by atoms with E-state index in [2.05, 4.69) is 52.4 Å². The topological polar surface area (TPSA) is 3.24 Å². The maximum Gasteiger partial charge on any atom is 0.0230 e. The van der Waals surface area contributed by atoms with Crippen molar-refractivity contribution < 1.29 is 0 Å². The number of benzene rings is 1. The zero-order chi connectivity index (χ0) is 10.4. The van der Waals surface area contributed by atoms with E-state index in [1.54, 1.807) is 0 Å². The van der Waals surface area contributed by atoms with Gasteiger partial charge in [-0.2, -0.15) is 0 Å². The first-order valence-corrected chi connectivity index (χ1v) is 5.83. The van der Waals surface area contributed by atoms with Crippen LogP contribution < -0.4 is 5.30 Å². The van der Waals surface area contributed by atoms with E-state index < -0.39 is 0 Å². The van der Waals surface area contributed by atoms with Gasteiger partial charge in [-0.1, -0.05) is 37.6 Å². The minimum absolute atomic E-state index is 1.06. The van der Waals surface area contributed by atoms with Crippen molar-refractivity contribution in [2.75, 3.05) is 13.6 Å². The number of nitrogens with zero attached hydrogens (tertiary/aromatic N) is 1. The zero-order valence-corrected chi connectivity index (χ0v) is 10.3. The van der Waals surface area contributed by atoms with Gasteiger partial charge in [-0.3, -0.25) is 0 Å². The smallest absolute Gasteiger partial charge is 0.0230 e. The van der Waals surface area contributed by atoms with Crippen molar-refractivity contribution in [1.82, 2.24) is 4.90 Å². The average Bonchev–Trinajstić information content (AvgIpc) is 2.18. The van der Waals surface area contributed by atoms with E-state index >= 15 is 0 Å². The Labute approximate surface area is 89.7 Å². The Morgan fingerprint density at radius 3 is 2.43 bits per heavy atom. The highest BCUT2D eigenvalue weighted by Gasteiger charge is 1.98. The molecule has 0 spiro atoms. The molecule has 78 valence electrons. The molecule has 0 saturated heterocycles. The largest absolute Gasteiger partial charge is 0.302 e. The van der Waals surface area contributed by atoms with Gasteiger partial charge in [0.15, 0.2) is 0 Å². The molecule has 0 bridgehead atoms. The van der Waals surface area contributed by atoms with Crippen LogP contribution in [0.3, 0.4) is 0 Å².